The Labute approximate surface area is 231 Å². The normalized spacial score (nSPS) is 25.8. The monoisotopic (exact) mass is 545 g/mol. The number of carbonyl (C=O) groups excluding carboxylic acids is 1. The maximum absolute atomic E-state index is 14.4. The molecule has 0 aliphatic carbocycles. The molecule has 1 aromatic rings. The van der Waals surface area contributed by atoms with Crippen LogP contribution in [0.15, 0.2) is 23.3 Å². The zero-order valence-electron chi connectivity index (χ0n) is 23.8. The van der Waals surface area contributed by atoms with Gasteiger partial charge < -0.3 is 31.5 Å². The number of aliphatic imine (C=N–C) groups is 1. The fourth-order valence-corrected chi connectivity index (χ4v) is 6.74. The first-order chi connectivity index (χ1) is 18.7. The molecule has 3 heterocycles. The van der Waals surface area contributed by atoms with Gasteiger partial charge in [0.1, 0.15) is 0 Å². The number of nitrogens with zero attached hydrogens (tertiary/aromatic N) is 3. The Morgan fingerprint density at radius 2 is 2.03 bits per heavy atom. The standard InChI is InChI=1S/C29H45F2N7O/c1-19(39)37-13-9-29(2,36-22-7-10-35-11-8-22)25(18-37)28(34-4)38-12-5-6-20-14-23(21(16-32)17-33-3)24(27(30)31)15-26(20)38/h14-17,22,25,27-28,34-36H,5-13,18,32H2,1-4H3. The van der Waals surface area contributed by atoms with E-state index in [4.69, 9.17) is 5.73 Å². The van der Waals surface area contributed by atoms with Crippen LogP contribution in [0.5, 0.6) is 0 Å². The van der Waals surface area contributed by atoms with Crippen LogP contribution in [0, 0.1) is 5.92 Å². The van der Waals surface area contributed by atoms with E-state index < -0.39 is 6.43 Å². The topological polar surface area (TPSA) is 98.0 Å². The number of nitrogens with two attached hydrogens (primary N) is 1. The Balaban J connectivity index is 1.74. The summed E-state index contributed by atoms with van der Waals surface area (Å²) in [7, 11) is 3.54. The number of anilines is 1. The summed E-state index contributed by atoms with van der Waals surface area (Å²) >= 11 is 0. The lowest BCUT2D eigenvalue weighted by Crippen LogP contribution is -2.69. The molecule has 0 aromatic heterocycles. The molecule has 1 aromatic carbocycles. The zero-order chi connectivity index (χ0) is 28.2. The Hall–Kier alpha value is -2.56. The van der Waals surface area contributed by atoms with Crippen LogP contribution < -0.4 is 26.6 Å². The molecule has 39 heavy (non-hydrogen) atoms. The van der Waals surface area contributed by atoms with Gasteiger partial charge in [-0.2, -0.15) is 0 Å². The molecule has 4 rings (SSSR count). The lowest BCUT2D eigenvalue weighted by molar-refractivity contribution is -0.132. The van der Waals surface area contributed by atoms with E-state index >= 15 is 0 Å². The number of rotatable bonds is 8. The number of alkyl halides is 2. The molecule has 1 amide bonds. The van der Waals surface area contributed by atoms with E-state index in [-0.39, 0.29) is 29.1 Å². The van der Waals surface area contributed by atoms with Gasteiger partial charge in [0.05, 0.1) is 6.17 Å². The van der Waals surface area contributed by atoms with E-state index in [1.807, 2.05) is 18.0 Å². The Morgan fingerprint density at radius 1 is 1.28 bits per heavy atom. The molecule has 0 bridgehead atoms. The molecule has 5 N–H and O–H groups in total. The van der Waals surface area contributed by atoms with Gasteiger partial charge in [-0.25, -0.2) is 8.78 Å². The SMILES string of the molecule is CN=CC(=CN)c1cc2c(cc1C(F)F)N(C(NC)C1CN(C(C)=O)CCC1(C)NC1CCNCC1)CCC2. The number of halogens is 2. The number of aryl methyl sites for hydroxylation is 1. The van der Waals surface area contributed by atoms with Gasteiger partial charge in [-0.15, -0.1) is 0 Å². The summed E-state index contributed by atoms with van der Waals surface area (Å²) in [4.78, 5) is 20.7. The second-order valence-corrected chi connectivity index (χ2v) is 11.3. The molecule has 0 radical (unpaired) electrons. The van der Waals surface area contributed by atoms with E-state index in [2.05, 4.69) is 32.8 Å². The lowest BCUT2D eigenvalue weighted by atomic mass is 9.75. The number of hydrogen-bond donors (Lipinski definition) is 4. The summed E-state index contributed by atoms with van der Waals surface area (Å²) in [6.45, 7) is 7.96. The Bertz CT molecular complexity index is 1070. The zero-order valence-corrected chi connectivity index (χ0v) is 23.8. The quantitative estimate of drug-likeness (QED) is 0.375. The van der Waals surface area contributed by atoms with E-state index in [0.717, 1.165) is 63.0 Å². The first-order valence-corrected chi connectivity index (χ1v) is 14.2. The second kappa shape index (κ2) is 12.7. The predicted molar refractivity (Wildman–Crippen MR) is 154 cm³/mol. The third-order valence-electron chi connectivity index (χ3n) is 8.87. The summed E-state index contributed by atoms with van der Waals surface area (Å²) in [6.07, 6.45) is 4.73. The average molecular weight is 546 g/mol. The molecule has 3 aliphatic heterocycles. The number of piperidine rings is 2. The molecule has 0 spiro atoms. The second-order valence-electron chi connectivity index (χ2n) is 11.3. The largest absolute Gasteiger partial charge is 0.404 e. The van der Waals surface area contributed by atoms with Gasteiger partial charge in [-0.3, -0.25) is 9.79 Å². The molecule has 2 fully saturated rings. The number of fused-ring (bicyclic) bond motifs is 1. The van der Waals surface area contributed by atoms with Crippen molar-refractivity contribution in [3.05, 3.63) is 35.0 Å². The molecule has 8 nitrogen and oxygen atoms in total. The maximum atomic E-state index is 14.4. The highest BCUT2D eigenvalue weighted by molar-refractivity contribution is 6.10. The van der Waals surface area contributed by atoms with Crippen molar-refractivity contribution in [1.82, 2.24) is 20.9 Å². The number of amides is 1. The van der Waals surface area contributed by atoms with Gasteiger partial charge in [0.15, 0.2) is 0 Å². The third kappa shape index (κ3) is 6.28. The van der Waals surface area contributed by atoms with Gasteiger partial charge in [0, 0.05) is 80.3 Å². The Morgan fingerprint density at radius 3 is 2.64 bits per heavy atom. The first-order valence-electron chi connectivity index (χ1n) is 14.2. The van der Waals surface area contributed by atoms with E-state index in [1.54, 1.807) is 20.0 Å². The molecule has 10 heteroatoms. The molecule has 3 atom stereocenters. The maximum Gasteiger partial charge on any atom is 0.264 e. The first kappa shape index (κ1) is 29.4. The van der Waals surface area contributed by atoms with Crippen LogP contribution in [0.4, 0.5) is 14.5 Å². The van der Waals surface area contributed by atoms with Crippen LogP contribution in [0.25, 0.3) is 5.57 Å². The van der Waals surface area contributed by atoms with Crippen molar-refractivity contribution in [2.24, 2.45) is 16.6 Å². The van der Waals surface area contributed by atoms with Crippen molar-refractivity contribution in [2.45, 2.75) is 70.1 Å². The van der Waals surface area contributed by atoms with E-state index in [9.17, 15) is 13.6 Å². The molecular formula is C29H45F2N7O. The van der Waals surface area contributed by atoms with E-state index in [1.165, 1.54) is 12.4 Å². The highest BCUT2D eigenvalue weighted by atomic mass is 19.3. The summed E-state index contributed by atoms with van der Waals surface area (Å²) in [5.74, 6) is 0.114. The number of benzene rings is 1. The van der Waals surface area contributed by atoms with Crippen LogP contribution in [0.3, 0.4) is 0 Å². The smallest absolute Gasteiger partial charge is 0.264 e. The number of likely N-dealkylation sites (tertiary alicyclic amines) is 1. The minimum atomic E-state index is -2.66. The molecule has 2 saturated heterocycles. The van der Waals surface area contributed by atoms with Gasteiger partial charge in [0.25, 0.3) is 6.43 Å². The summed E-state index contributed by atoms with van der Waals surface area (Å²) in [5, 5.41) is 11.0. The highest BCUT2D eigenvalue weighted by Crippen LogP contribution is 2.40. The molecular weight excluding hydrogens is 500 g/mol. The van der Waals surface area contributed by atoms with Crippen LogP contribution >= 0.6 is 0 Å². The van der Waals surface area contributed by atoms with Crippen LogP contribution in [-0.4, -0.2) is 81.6 Å². The third-order valence-corrected chi connectivity index (χ3v) is 8.87. The van der Waals surface area contributed by atoms with Crippen molar-refractivity contribution >= 4 is 23.4 Å². The fraction of sp³-hybridized carbons (Fsp3) is 0.655. The summed E-state index contributed by atoms with van der Waals surface area (Å²) < 4.78 is 28.8. The van der Waals surface area contributed by atoms with Crippen LogP contribution in [-0.2, 0) is 11.2 Å². The van der Waals surface area contributed by atoms with Crippen LogP contribution in [0.1, 0.15) is 62.6 Å². The van der Waals surface area contributed by atoms with Crippen LogP contribution in [0.2, 0.25) is 0 Å². The van der Waals surface area contributed by atoms with E-state index in [0.29, 0.717) is 30.3 Å². The van der Waals surface area contributed by atoms with Gasteiger partial charge in [-0.05, 0) is 82.4 Å². The van der Waals surface area contributed by atoms with Gasteiger partial charge in [-0.1, -0.05) is 0 Å². The van der Waals surface area contributed by atoms with Crippen molar-refractivity contribution < 1.29 is 13.6 Å². The van der Waals surface area contributed by atoms with Gasteiger partial charge in [0.2, 0.25) is 5.91 Å². The van der Waals surface area contributed by atoms with Crippen molar-refractivity contribution in [2.75, 3.05) is 51.7 Å². The number of nitrogens with one attached hydrogen (secondary N) is 3. The number of hydrogen-bond acceptors (Lipinski definition) is 7. The molecule has 3 aliphatic rings. The van der Waals surface area contributed by atoms with Crippen molar-refractivity contribution in [3.63, 3.8) is 0 Å². The van der Waals surface area contributed by atoms with Crippen molar-refractivity contribution in [3.8, 4) is 0 Å². The molecule has 3 unspecified atom stereocenters. The highest BCUT2D eigenvalue weighted by Gasteiger charge is 2.47. The Kier molecular flexibility index (Phi) is 9.61. The fourth-order valence-electron chi connectivity index (χ4n) is 6.74. The predicted octanol–water partition coefficient (Wildman–Crippen LogP) is 2.89. The lowest BCUT2D eigenvalue weighted by Gasteiger charge is -2.54. The summed E-state index contributed by atoms with van der Waals surface area (Å²) in [6, 6.07) is 3.92. The number of carbonyl (C=O) groups is 1. The van der Waals surface area contributed by atoms with Gasteiger partial charge >= 0.3 is 0 Å². The molecule has 0 saturated carbocycles. The van der Waals surface area contributed by atoms with Crippen molar-refractivity contribution in [1.29, 1.82) is 0 Å². The minimum absolute atomic E-state index is 0.0439. The summed E-state index contributed by atoms with van der Waals surface area (Å²) in [5.41, 5.74) is 8.31. The molecule has 216 valence electrons. The minimum Gasteiger partial charge on any atom is -0.404 e. The average Bonchev–Trinajstić information content (AvgIpc) is 2.92. The number of allylic oxidation sites excluding steroid dienone is 1.